The first-order chi connectivity index (χ1) is 17.1. The topological polar surface area (TPSA) is 18.8 Å². The molecule has 0 fully saturated rings. The lowest BCUT2D eigenvalue weighted by molar-refractivity contribution is 0.866. The van der Waals surface area contributed by atoms with Crippen molar-refractivity contribution in [2.24, 2.45) is 4.99 Å². The summed E-state index contributed by atoms with van der Waals surface area (Å²) in [5, 5.41) is 0. The highest BCUT2D eigenvalue weighted by Crippen LogP contribution is 2.38. The van der Waals surface area contributed by atoms with E-state index in [4.69, 9.17) is 0 Å². The van der Waals surface area contributed by atoms with Crippen molar-refractivity contribution < 1.29 is 0 Å². The van der Waals surface area contributed by atoms with Gasteiger partial charge < -0.3 is 9.80 Å². The van der Waals surface area contributed by atoms with Gasteiger partial charge in [-0.15, -0.1) is 0 Å². The number of rotatable bonds is 8. The summed E-state index contributed by atoms with van der Waals surface area (Å²) in [5.41, 5.74) is 10.9. The Kier molecular flexibility index (Phi) is 7.87. The van der Waals surface area contributed by atoms with Crippen molar-refractivity contribution in [2.45, 2.75) is 27.7 Å². The summed E-state index contributed by atoms with van der Waals surface area (Å²) >= 11 is 0. The second-order valence-electron chi connectivity index (χ2n) is 8.71. The van der Waals surface area contributed by atoms with Gasteiger partial charge in [0.25, 0.3) is 0 Å². The van der Waals surface area contributed by atoms with Crippen molar-refractivity contribution in [3.05, 3.63) is 107 Å². The monoisotopic (exact) mass is 463 g/mol. The van der Waals surface area contributed by atoms with E-state index < -0.39 is 0 Å². The van der Waals surface area contributed by atoms with E-state index in [1.807, 2.05) is 7.05 Å². The molecule has 0 bridgehead atoms. The average molecular weight is 464 g/mol. The molecule has 0 atom stereocenters. The summed E-state index contributed by atoms with van der Waals surface area (Å²) in [7, 11) is 1.87. The summed E-state index contributed by atoms with van der Waals surface area (Å²) in [6.07, 6.45) is 4.38. The van der Waals surface area contributed by atoms with Gasteiger partial charge in [0.2, 0.25) is 0 Å². The normalized spacial score (nSPS) is 13.6. The fourth-order valence-corrected chi connectivity index (χ4v) is 5.03. The maximum atomic E-state index is 4.52. The number of benzene rings is 3. The number of anilines is 2. The Morgan fingerprint density at radius 1 is 0.600 bits per heavy atom. The van der Waals surface area contributed by atoms with E-state index in [-0.39, 0.29) is 0 Å². The van der Waals surface area contributed by atoms with Crippen LogP contribution in [0.1, 0.15) is 49.9 Å². The van der Waals surface area contributed by atoms with E-state index in [1.165, 1.54) is 44.8 Å². The number of allylic oxidation sites excluding steroid dienone is 3. The molecule has 3 nitrogen and oxygen atoms in total. The lowest BCUT2D eigenvalue weighted by atomic mass is 9.83. The van der Waals surface area contributed by atoms with Crippen LogP contribution in [0.5, 0.6) is 0 Å². The quantitative estimate of drug-likeness (QED) is 0.348. The van der Waals surface area contributed by atoms with Gasteiger partial charge in [-0.25, -0.2) is 0 Å². The van der Waals surface area contributed by atoms with Crippen LogP contribution in [0, 0.1) is 0 Å². The van der Waals surface area contributed by atoms with Gasteiger partial charge in [-0.05, 0) is 85.9 Å². The van der Waals surface area contributed by atoms with Crippen LogP contribution in [0.3, 0.4) is 0 Å². The number of nitrogens with zero attached hydrogens (tertiary/aromatic N) is 3. The van der Waals surface area contributed by atoms with E-state index in [2.05, 4.69) is 127 Å². The molecule has 180 valence electrons. The molecule has 0 saturated carbocycles. The molecule has 3 aromatic carbocycles. The standard InChI is InChI=1S/C32H37N3/c1-6-34(7-2)26-18-14-24(15-19-26)32(25-16-20-27(21-17-25)35(8-3)9-4)30-22-23-31(33-5)29-13-11-10-12-28(29)30/h10-23H,6-9H2,1-5H3. The Labute approximate surface area is 211 Å². The second-order valence-corrected chi connectivity index (χ2v) is 8.71. The van der Waals surface area contributed by atoms with Gasteiger partial charge in [0, 0.05) is 50.2 Å². The van der Waals surface area contributed by atoms with E-state index >= 15 is 0 Å². The van der Waals surface area contributed by atoms with Crippen molar-refractivity contribution in [2.75, 3.05) is 43.0 Å². The first-order valence-electron chi connectivity index (χ1n) is 12.8. The fraction of sp³-hybridized carbons (Fsp3) is 0.281. The molecule has 4 rings (SSSR count). The molecular formula is C32H37N3. The molecule has 35 heavy (non-hydrogen) atoms. The SMILES string of the molecule is CCN(CC)c1ccc(C(=C2C=CC(=NC)c3ccccc32)c2ccc(N(CC)CC)cc2)cc1. The van der Waals surface area contributed by atoms with Crippen molar-refractivity contribution in [3.8, 4) is 0 Å². The van der Waals surface area contributed by atoms with Gasteiger partial charge in [0.05, 0.1) is 5.71 Å². The highest BCUT2D eigenvalue weighted by molar-refractivity contribution is 6.19. The van der Waals surface area contributed by atoms with Crippen molar-refractivity contribution in [3.63, 3.8) is 0 Å². The third-order valence-corrected chi connectivity index (χ3v) is 6.98. The molecule has 0 heterocycles. The summed E-state index contributed by atoms with van der Waals surface area (Å²) in [6, 6.07) is 26.7. The van der Waals surface area contributed by atoms with Gasteiger partial charge in [0.15, 0.2) is 0 Å². The van der Waals surface area contributed by atoms with Gasteiger partial charge in [-0.1, -0.05) is 54.6 Å². The largest absolute Gasteiger partial charge is 0.372 e. The molecule has 0 aliphatic heterocycles. The number of aliphatic imine (C=N–C) groups is 1. The van der Waals surface area contributed by atoms with Crippen LogP contribution in [0.15, 0.2) is 89.9 Å². The first-order valence-corrected chi connectivity index (χ1v) is 12.8. The van der Waals surface area contributed by atoms with E-state index in [1.54, 1.807) is 0 Å². The molecule has 0 radical (unpaired) electrons. The summed E-state index contributed by atoms with van der Waals surface area (Å²) in [5.74, 6) is 0. The average Bonchev–Trinajstić information content (AvgIpc) is 2.92. The lowest BCUT2D eigenvalue weighted by Crippen LogP contribution is -2.21. The predicted molar refractivity (Wildman–Crippen MR) is 154 cm³/mol. The molecule has 0 amide bonds. The van der Waals surface area contributed by atoms with Gasteiger partial charge in [0.1, 0.15) is 0 Å². The maximum Gasteiger partial charge on any atom is 0.0649 e. The molecule has 1 aliphatic carbocycles. The molecular weight excluding hydrogens is 426 g/mol. The van der Waals surface area contributed by atoms with Crippen molar-refractivity contribution in [1.29, 1.82) is 0 Å². The van der Waals surface area contributed by atoms with Crippen molar-refractivity contribution in [1.82, 2.24) is 0 Å². The van der Waals surface area contributed by atoms with Crippen LogP contribution in [-0.4, -0.2) is 38.9 Å². The van der Waals surface area contributed by atoms with Crippen LogP contribution in [0.2, 0.25) is 0 Å². The molecule has 0 unspecified atom stereocenters. The zero-order valence-corrected chi connectivity index (χ0v) is 21.8. The van der Waals surface area contributed by atoms with Crippen LogP contribution >= 0.6 is 0 Å². The Morgan fingerprint density at radius 2 is 1.06 bits per heavy atom. The Hall–Kier alpha value is -3.59. The van der Waals surface area contributed by atoms with Gasteiger partial charge >= 0.3 is 0 Å². The van der Waals surface area contributed by atoms with E-state index in [0.29, 0.717) is 0 Å². The third-order valence-electron chi connectivity index (χ3n) is 6.98. The second kappa shape index (κ2) is 11.2. The molecule has 0 aromatic heterocycles. The third kappa shape index (κ3) is 4.95. The zero-order valence-electron chi connectivity index (χ0n) is 21.8. The number of fused-ring (bicyclic) bond motifs is 1. The highest BCUT2D eigenvalue weighted by Gasteiger charge is 2.20. The van der Waals surface area contributed by atoms with E-state index in [0.717, 1.165) is 31.9 Å². The van der Waals surface area contributed by atoms with Crippen LogP contribution in [0.25, 0.3) is 11.1 Å². The molecule has 3 heteroatoms. The highest BCUT2D eigenvalue weighted by atomic mass is 15.1. The lowest BCUT2D eigenvalue weighted by Gasteiger charge is -2.24. The van der Waals surface area contributed by atoms with Crippen LogP contribution < -0.4 is 9.80 Å². The van der Waals surface area contributed by atoms with Gasteiger partial charge in [-0.2, -0.15) is 0 Å². The zero-order chi connectivity index (χ0) is 24.8. The predicted octanol–water partition coefficient (Wildman–Crippen LogP) is 7.33. The summed E-state index contributed by atoms with van der Waals surface area (Å²) in [6.45, 7) is 12.9. The summed E-state index contributed by atoms with van der Waals surface area (Å²) in [4.78, 5) is 9.29. The number of hydrogen-bond donors (Lipinski definition) is 0. The molecule has 0 N–H and O–H groups in total. The minimum atomic E-state index is 1.01. The Morgan fingerprint density at radius 3 is 1.49 bits per heavy atom. The minimum Gasteiger partial charge on any atom is -0.372 e. The van der Waals surface area contributed by atoms with Crippen LogP contribution in [0.4, 0.5) is 11.4 Å². The fourth-order valence-electron chi connectivity index (χ4n) is 5.03. The number of hydrogen-bond acceptors (Lipinski definition) is 3. The maximum absolute atomic E-state index is 4.52. The first kappa shape index (κ1) is 24.5. The van der Waals surface area contributed by atoms with Crippen molar-refractivity contribution >= 4 is 28.2 Å². The molecule has 3 aromatic rings. The van der Waals surface area contributed by atoms with Gasteiger partial charge in [-0.3, -0.25) is 4.99 Å². The molecule has 0 saturated heterocycles. The minimum absolute atomic E-state index is 1.01. The molecule has 1 aliphatic rings. The van der Waals surface area contributed by atoms with E-state index in [9.17, 15) is 0 Å². The summed E-state index contributed by atoms with van der Waals surface area (Å²) < 4.78 is 0. The molecule has 0 spiro atoms. The Bertz CT molecular complexity index is 1170. The smallest absolute Gasteiger partial charge is 0.0649 e. The Balaban J connectivity index is 1.91. The van der Waals surface area contributed by atoms with Crippen LogP contribution in [-0.2, 0) is 0 Å².